The van der Waals surface area contributed by atoms with Gasteiger partial charge in [0.15, 0.2) is 17.5 Å². The molecule has 0 atom stereocenters. The maximum absolute atomic E-state index is 6.54. The Labute approximate surface area is 347 Å². The zero-order valence-electron chi connectivity index (χ0n) is 32.5. The zero-order chi connectivity index (χ0) is 40.0. The standard InChI is InChI=1S/C54H31N5O2/c1-2-15-32(16-3-1)54-55-47-39-23-6-4-19-35(39)36-20-5-7-24-40(36)48(47)59(54)34-18-12-17-33(31-34)51-56-52(43-27-13-25-41-37-21-8-10-29-45(37)60-49(41)43)58-53(57-51)44-28-14-26-42-38-22-9-11-30-46(38)61-50(42)44/h1-31H. The summed E-state index contributed by atoms with van der Waals surface area (Å²) in [5.41, 5.74) is 9.36. The third kappa shape index (κ3) is 5.11. The lowest BCUT2D eigenvalue weighted by Crippen LogP contribution is -2.02. The van der Waals surface area contributed by atoms with Crippen LogP contribution in [0.15, 0.2) is 197 Å². The van der Waals surface area contributed by atoms with E-state index in [2.05, 4.69) is 126 Å². The quantitative estimate of drug-likeness (QED) is 0.162. The number of nitrogens with zero attached hydrogens (tertiary/aromatic N) is 5. The molecule has 284 valence electrons. The molecule has 4 heterocycles. The Morgan fingerprint density at radius 1 is 0.344 bits per heavy atom. The lowest BCUT2D eigenvalue weighted by atomic mass is 10.00. The highest BCUT2D eigenvalue weighted by Crippen LogP contribution is 2.41. The zero-order valence-corrected chi connectivity index (χ0v) is 32.5. The van der Waals surface area contributed by atoms with Gasteiger partial charge in [-0.1, -0.05) is 152 Å². The normalized spacial score (nSPS) is 11.9. The van der Waals surface area contributed by atoms with Crippen molar-refractivity contribution in [3.63, 3.8) is 0 Å². The Kier molecular flexibility index (Phi) is 7.17. The molecule has 0 aliphatic heterocycles. The molecule has 0 radical (unpaired) electrons. The molecule has 0 bridgehead atoms. The molecule has 0 fully saturated rings. The molecular formula is C54H31N5O2. The van der Waals surface area contributed by atoms with E-state index in [-0.39, 0.29) is 0 Å². The molecule has 0 aliphatic rings. The minimum atomic E-state index is 0.499. The topological polar surface area (TPSA) is 82.8 Å². The summed E-state index contributed by atoms with van der Waals surface area (Å²) in [7, 11) is 0. The number of hydrogen-bond acceptors (Lipinski definition) is 6. The fraction of sp³-hybridized carbons (Fsp3) is 0. The molecule has 9 aromatic carbocycles. The molecule has 0 amide bonds. The van der Waals surface area contributed by atoms with Gasteiger partial charge in [-0.3, -0.25) is 4.57 Å². The minimum absolute atomic E-state index is 0.499. The van der Waals surface area contributed by atoms with Gasteiger partial charge in [-0.2, -0.15) is 0 Å². The van der Waals surface area contributed by atoms with Gasteiger partial charge < -0.3 is 8.83 Å². The van der Waals surface area contributed by atoms with E-state index in [4.69, 9.17) is 28.8 Å². The summed E-state index contributed by atoms with van der Waals surface area (Å²) in [4.78, 5) is 21.2. The van der Waals surface area contributed by atoms with Crippen molar-refractivity contribution in [3.8, 4) is 51.2 Å². The second kappa shape index (κ2) is 13.0. The van der Waals surface area contributed by atoms with Crippen LogP contribution in [-0.2, 0) is 0 Å². The van der Waals surface area contributed by atoms with E-state index in [9.17, 15) is 0 Å². The van der Waals surface area contributed by atoms with Crippen molar-refractivity contribution < 1.29 is 8.83 Å². The van der Waals surface area contributed by atoms with Gasteiger partial charge in [0.1, 0.15) is 28.2 Å². The van der Waals surface area contributed by atoms with Crippen LogP contribution in [0.5, 0.6) is 0 Å². The van der Waals surface area contributed by atoms with Crippen molar-refractivity contribution in [1.82, 2.24) is 24.5 Å². The van der Waals surface area contributed by atoms with E-state index in [1.165, 1.54) is 10.8 Å². The van der Waals surface area contributed by atoms with Gasteiger partial charge in [0.2, 0.25) is 0 Å². The average molecular weight is 782 g/mol. The maximum atomic E-state index is 6.54. The molecule has 0 spiro atoms. The van der Waals surface area contributed by atoms with Gasteiger partial charge in [-0.25, -0.2) is 19.9 Å². The molecule has 0 aliphatic carbocycles. The Morgan fingerprint density at radius 2 is 0.820 bits per heavy atom. The van der Waals surface area contributed by atoms with Crippen LogP contribution in [0.4, 0.5) is 0 Å². The Balaban J connectivity index is 1.08. The van der Waals surface area contributed by atoms with Crippen LogP contribution in [0.25, 0.3) is 128 Å². The number of rotatable bonds is 5. The van der Waals surface area contributed by atoms with Gasteiger partial charge in [0.25, 0.3) is 0 Å². The molecule has 0 saturated carbocycles. The first kappa shape index (κ1) is 33.5. The van der Waals surface area contributed by atoms with Gasteiger partial charge in [0.05, 0.1) is 22.2 Å². The molecule has 0 N–H and O–H groups in total. The molecule has 13 rings (SSSR count). The highest BCUT2D eigenvalue weighted by atomic mass is 16.3. The molecular weight excluding hydrogens is 751 g/mol. The number of imidazole rings is 1. The van der Waals surface area contributed by atoms with Crippen LogP contribution in [0.3, 0.4) is 0 Å². The summed E-state index contributed by atoms with van der Waals surface area (Å²) >= 11 is 0. The summed E-state index contributed by atoms with van der Waals surface area (Å²) < 4.78 is 15.4. The SMILES string of the molecule is c1ccc(-c2nc3c4ccccc4c4ccccc4c3n2-c2cccc(-c3nc(-c4cccc5c4oc4ccccc45)nc(-c4cccc5c4oc4ccccc45)n3)c2)cc1. The van der Waals surface area contributed by atoms with Crippen LogP contribution in [-0.4, -0.2) is 24.5 Å². The van der Waals surface area contributed by atoms with Crippen LogP contribution >= 0.6 is 0 Å². The second-order valence-electron chi connectivity index (χ2n) is 15.3. The summed E-state index contributed by atoms with van der Waals surface area (Å²) in [5, 5.41) is 8.65. The van der Waals surface area contributed by atoms with E-state index >= 15 is 0 Å². The second-order valence-corrected chi connectivity index (χ2v) is 15.3. The largest absolute Gasteiger partial charge is 0.455 e. The number of benzene rings is 9. The van der Waals surface area contributed by atoms with E-state index < -0.39 is 0 Å². The number of aromatic nitrogens is 5. The van der Waals surface area contributed by atoms with Gasteiger partial charge >= 0.3 is 0 Å². The first-order valence-corrected chi connectivity index (χ1v) is 20.3. The molecule has 0 saturated heterocycles. The number of furan rings is 2. The minimum Gasteiger partial charge on any atom is -0.455 e. The Morgan fingerprint density at radius 3 is 1.46 bits per heavy atom. The third-order valence-electron chi connectivity index (χ3n) is 11.9. The van der Waals surface area contributed by atoms with Crippen molar-refractivity contribution in [3.05, 3.63) is 188 Å². The first-order valence-electron chi connectivity index (χ1n) is 20.3. The predicted octanol–water partition coefficient (Wildman–Crippen LogP) is 14.0. The molecule has 13 aromatic rings. The van der Waals surface area contributed by atoms with Gasteiger partial charge in [-0.05, 0) is 47.2 Å². The lowest BCUT2D eigenvalue weighted by molar-refractivity contribution is 0.669. The van der Waals surface area contributed by atoms with E-state index in [0.717, 1.165) is 99.4 Å². The summed E-state index contributed by atoms with van der Waals surface area (Å²) in [6.07, 6.45) is 0. The maximum Gasteiger partial charge on any atom is 0.167 e. The Hall–Kier alpha value is -8.42. The van der Waals surface area contributed by atoms with Crippen LogP contribution in [0.1, 0.15) is 0 Å². The summed E-state index contributed by atoms with van der Waals surface area (Å²) in [5.74, 6) is 2.36. The van der Waals surface area contributed by atoms with Crippen LogP contribution in [0.2, 0.25) is 0 Å². The highest BCUT2D eigenvalue weighted by molar-refractivity contribution is 6.24. The van der Waals surface area contributed by atoms with Crippen molar-refractivity contribution in [2.45, 2.75) is 0 Å². The van der Waals surface area contributed by atoms with Gasteiger partial charge in [0, 0.05) is 49.1 Å². The lowest BCUT2D eigenvalue weighted by Gasteiger charge is -2.14. The van der Waals surface area contributed by atoms with Crippen molar-refractivity contribution in [2.75, 3.05) is 0 Å². The third-order valence-corrected chi connectivity index (χ3v) is 11.9. The van der Waals surface area contributed by atoms with Crippen LogP contribution < -0.4 is 0 Å². The van der Waals surface area contributed by atoms with E-state index in [0.29, 0.717) is 17.5 Å². The van der Waals surface area contributed by atoms with E-state index in [1.807, 2.05) is 66.7 Å². The summed E-state index contributed by atoms with van der Waals surface area (Å²) in [6.45, 7) is 0. The van der Waals surface area contributed by atoms with Crippen LogP contribution in [0, 0.1) is 0 Å². The number of fused-ring (bicyclic) bond motifs is 12. The fourth-order valence-corrected chi connectivity index (χ4v) is 9.11. The summed E-state index contributed by atoms with van der Waals surface area (Å²) in [6, 6.07) is 64.4. The van der Waals surface area contributed by atoms with Crippen molar-refractivity contribution in [1.29, 1.82) is 0 Å². The number of hydrogen-bond donors (Lipinski definition) is 0. The smallest absolute Gasteiger partial charge is 0.167 e. The molecule has 7 nitrogen and oxygen atoms in total. The fourth-order valence-electron chi connectivity index (χ4n) is 9.11. The van der Waals surface area contributed by atoms with Crippen molar-refractivity contribution in [2.24, 2.45) is 0 Å². The molecule has 61 heavy (non-hydrogen) atoms. The number of para-hydroxylation sites is 4. The van der Waals surface area contributed by atoms with E-state index in [1.54, 1.807) is 0 Å². The first-order chi connectivity index (χ1) is 30.2. The molecule has 4 aromatic heterocycles. The van der Waals surface area contributed by atoms with Gasteiger partial charge in [-0.15, -0.1) is 0 Å². The monoisotopic (exact) mass is 781 g/mol. The predicted molar refractivity (Wildman–Crippen MR) is 246 cm³/mol. The molecule has 0 unspecified atom stereocenters. The Bertz CT molecular complexity index is 3770. The highest BCUT2D eigenvalue weighted by Gasteiger charge is 2.23. The van der Waals surface area contributed by atoms with Crippen molar-refractivity contribution >= 4 is 76.5 Å². The molecule has 7 heteroatoms. The average Bonchev–Trinajstić information content (AvgIpc) is 4.04.